The molecule has 0 saturated carbocycles. The Balaban J connectivity index is 0.000000259. The number of nitrogens with one attached hydrogen (secondary N) is 1. The van der Waals surface area contributed by atoms with Crippen LogP contribution in [0.25, 0.3) is 22.9 Å². The molecule has 3 aromatic heterocycles. The number of ether oxygens (including phenoxy) is 1. The first-order valence-electron chi connectivity index (χ1n) is 15.6. The number of nitrogens with zero attached hydrogens (tertiary/aromatic N) is 4. The first-order chi connectivity index (χ1) is 24.6. The van der Waals surface area contributed by atoms with E-state index in [9.17, 15) is 35.9 Å². The molecule has 0 bridgehead atoms. The zero-order valence-electron chi connectivity index (χ0n) is 28.2. The highest BCUT2D eigenvalue weighted by molar-refractivity contribution is 6.04. The van der Waals surface area contributed by atoms with Crippen LogP contribution in [0.15, 0.2) is 75.7 Å². The largest absolute Gasteiger partial charge is 0.476 e. The Morgan fingerprint density at radius 3 is 1.73 bits per heavy atom. The molecular weight excluding hydrogens is 700 g/mol. The number of pyridine rings is 1. The molecule has 0 saturated heterocycles. The van der Waals surface area contributed by atoms with E-state index >= 15 is 0 Å². The van der Waals surface area contributed by atoms with Crippen LogP contribution in [-0.4, -0.2) is 59.2 Å². The van der Waals surface area contributed by atoms with Crippen molar-refractivity contribution >= 4 is 23.4 Å². The Morgan fingerprint density at radius 2 is 1.31 bits per heavy atom. The van der Waals surface area contributed by atoms with Crippen LogP contribution in [0.5, 0.6) is 0 Å². The summed E-state index contributed by atoms with van der Waals surface area (Å²) in [6, 6.07) is 16.6. The lowest BCUT2D eigenvalue weighted by Gasteiger charge is -2.17. The quantitative estimate of drug-likeness (QED) is 0.127. The number of carboxylic acid groups (broad SMARTS) is 1. The molecule has 0 unspecified atom stereocenters. The molecule has 1 amide bonds. The Kier molecular flexibility index (Phi) is 12.4. The number of carbonyl (C=O) groups excluding carboxylic acids is 1. The summed E-state index contributed by atoms with van der Waals surface area (Å²) in [6.07, 6.45) is -7.30. The third-order valence-corrected chi connectivity index (χ3v) is 7.47. The standard InChI is InChI=1S/C22H23F3N4O3.C13H10F3NO3/c1-4-14-7-5-6-8-16(14)21-28-18(19(32-21)22(23,24)25)20(30)27-15-9-10-17(26-13-15)29(2)11-12-31-3;1-2-7-5-3-4-6-8(7)11-17-9(12(18)19)10(20-11)13(14,15)16/h5-10,13H,4,11-12H2,1-3H3,(H,27,30);3-6H,2H2,1H3,(H,18,19). The second-order valence-electron chi connectivity index (χ2n) is 11.0. The average molecular weight is 734 g/mol. The molecule has 0 aliphatic rings. The predicted molar refractivity (Wildman–Crippen MR) is 177 cm³/mol. The minimum absolute atomic E-state index is 0.227. The number of likely N-dealkylation sites (N-methyl/N-ethyl adjacent to an activating group) is 1. The number of rotatable bonds is 11. The number of hydrogen-bond donors (Lipinski definition) is 2. The normalized spacial score (nSPS) is 11.5. The molecule has 5 aromatic rings. The number of aryl methyl sites for hydroxylation is 2. The number of alkyl halides is 6. The first kappa shape index (κ1) is 39.1. The fourth-order valence-corrected chi connectivity index (χ4v) is 4.85. The van der Waals surface area contributed by atoms with Gasteiger partial charge in [-0.3, -0.25) is 4.79 Å². The van der Waals surface area contributed by atoms with Crippen LogP contribution < -0.4 is 10.2 Å². The maximum absolute atomic E-state index is 13.6. The Bertz CT molecular complexity index is 1990. The van der Waals surface area contributed by atoms with Crippen LogP contribution in [0.1, 0.15) is 57.5 Å². The molecule has 276 valence electrons. The number of anilines is 2. The number of aromatic nitrogens is 3. The van der Waals surface area contributed by atoms with Gasteiger partial charge in [0.2, 0.25) is 23.3 Å². The number of methoxy groups -OCH3 is 1. The van der Waals surface area contributed by atoms with Gasteiger partial charge in [-0.25, -0.2) is 19.7 Å². The van der Waals surface area contributed by atoms with Gasteiger partial charge in [0.15, 0.2) is 11.4 Å². The van der Waals surface area contributed by atoms with Crippen molar-refractivity contribution in [3.63, 3.8) is 0 Å². The van der Waals surface area contributed by atoms with Crippen LogP contribution in [-0.2, 0) is 29.9 Å². The molecule has 2 aromatic carbocycles. The van der Waals surface area contributed by atoms with Gasteiger partial charge in [-0.15, -0.1) is 0 Å². The van der Waals surface area contributed by atoms with Gasteiger partial charge < -0.3 is 28.9 Å². The zero-order chi connectivity index (χ0) is 38.2. The molecule has 11 nitrogen and oxygen atoms in total. The van der Waals surface area contributed by atoms with Gasteiger partial charge in [-0.1, -0.05) is 50.2 Å². The van der Waals surface area contributed by atoms with Crippen LogP contribution >= 0.6 is 0 Å². The number of hydrogen-bond acceptors (Lipinski definition) is 9. The summed E-state index contributed by atoms with van der Waals surface area (Å²) in [5.74, 6) is -5.83. The van der Waals surface area contributed by atoms with E-state index in [0.717, 1.165) is 11.1 Å². The van der Waals surface area contributed by atoms with Crippen molar-refractivity contribution in [2.45, 2.75) is 39.0 Å². The number of benzene rings is 2. The highest BCUT2D eigenvalue weighted by atomic mass is 19.4. The molecule has 0 aliphatic heterocycles. The number of carboxylic acids is 1. The van der Waals surface area contributed by atoms with E-state index in [-0.39, 0.29) is 17.5 Å². The maximum Gasteiger partial charge on any atom is 0.452 e. The number of halogens is 6. The van der Waals surface area contributed by atoms with E-state index in [1.807, 2.05) is 25.8 Å². The van der Waals surface area contributed by atoms with E-state index in [1.165, 1.54) is 12.3 Å². The monoisotopic (exact) mass is 733 g/mol. The number of carbonyl (C=O) groups is 2. The van der Waals surface area contributed by atoms with Gasteiger partial charge in [0, 0.05) is 31.8 Å². The molecule has 0 atom stereocenters. The summed E-state index contributed by atoms with van der Waals surface area (Å²) in [7, 11) is 3.41. The van der Waals surface area contributed by atoms with E-state index in [2.05, 4.69) is 24.7 Å². The second kappa shape index (κ2) is 16.5. The Morgan fingerprint density at radius 1 is 0.808 bits per heavy atom. The van der Waals surface area contributed by atoms with E-state index in [0.29, 0.717) is 42.9 Å². The molecule has 0 radical (unpaired) electrons. The van der Waals surface area contributed by atoms with Gasteiger partial charge in [0.25, 0.3) is 5.91 Å². The zero-order valence-corrected chi connectivity index (χ0v) is 28.2. The molecule has 2 N–H and O–H groups in total. The van der Waals surface area contributed by atoms with Crippen molar-refractivity contribution in [1.29, 1.82) is 0 Å². The van der Waals surface area contributed by atoms with E-state index < -0.39 is 47.1 Å². The Labute approximate surface area is 293 Å². The number of aromatic carboxylic acids is 1. The smallest absolute Gasteiger partial charge is 0.452 e. The summed E-state index contributed by atoms with van der Waals surface area (Å²) in [6.45, 7) is 4.80. The van der Waals surface area contributed by atoms with Crippen molar-refractivity contribution < 1.29 is 54.6 Å². The lowest BCUT2D eigenvalue weighted by atomic mass is 10.1. The minimum atomic E-state index is -4.90. The number of oxazole rings is 2. The predicted octanol–water partition coefficient (Wildman–Crippen LogP) is 8.27. The average Bonchev–Trinajstić information content (AvgIpc) is 3.78. The topological polar surface area (TPSA) is 144 Å². The molecular formula is C35H33F6N5O6. The molecule has 5 rings (SSSR count). The molecule has 0 spiro atoms. The van der Waals surface area contributed by atoms with Crippen molar-refractivity contribution in [2.24, 2.45) is 0 Å². The second-order valence-corrected chi connectivity index (χ2v) is 11.0. The minimum Gasteiger partial charge on any atom is -0.476 e. The highest BCUT2D eigenvalue weighted by Crippen LogP contribution is 2.37. The summed E-state index contributed by atoms with van der Waals surface area (Å²) >= 11 is 0. The number of amides is 1. The molecule has 52 heavy (non-hydrogen) atoms. The molecule has 17 heteroatoms. The van der Waals surface area contributed by atoms with Crippen molar-refractivity contribution in [1.82, 2.24) is 15.0 Å². The molecule has 3 heterocycles. The van der Waals surface area contributed by atoms with Crippen LogP contribution in [0, 0.1) is 0 Å². The maximum atomic E-state index is 13.6. The van der Waals surface area contributed by atoms with Gasteiger partial charge >= 0.3 is 18.3 Å². The van der Waals surface area contributed by atoms with Gasteiger partial charge in [-0.05, 0) is 48.2 Å². The summed E-state index contributed by atoms with van der Waals surface area (Å²) in [5, 5.41) is 11.2. The Hall–Kier alpha value is -5.71. The van der Waals surface area contributed by atoms with Crippen molar-refractivity contribution in [2.75, 3.05) is 37.5 Å². The lowest BCUT2D eigenvalue weighted by molar-refractivity contribution is -0.153. The fraction of sp³-hybridized carbons (Fsp3) is 0.286. The summed E-state index contributed by atoms with van der Waals surface area (Å²) in [5.41, 5.74) is 0.507. The summed E-state index contributed by atoms with van der Waals surface area (Å²) < 4.78 is 93.5. The fourth-order valence-electron chi connectivity index (χ4n) is 4.85. The first-order valence-corrected chi connectivity index (χ1v) is 15.6. The summed E-state index contributed by atoms with van der Waals surface area (Å²) in [4.78, 5) is 36.9. The van der Waals surface area contributed by atoms with Crippen LogP contribution in [0.3, 0.4) is 0 Å². The van der Waals surface area contributed by atoms with Gasteiger partial charge in [-0.2, -0.15) is 26.3 Å². The third kappa shape index (κ3) is 9.34. The SMILES string of the molecule is CCc1ccccc1-c1nc(C(=O)Nc2ccc(N(C)CCOC)nc2)c(C(F)(F)F)o1.CCc1ccccc1-c1nc(C(=O)O)c(C(F)(F)F)o1. The highest BCUT2D eigenvalue weighted by Gasteiger charge is 2.43. The van der Waals surface area contributed by atoms with Crippen LogP contribution in [0.2, 0.25) is 0 Å². The lowest BCUT2D eigenvalue weighted by Crippen LogP contribution is -2.23. The van der Waals surface area contributed by atoms with Gasteiger partial charge in [0.1, 0.15) is 5.82 Å². The van der Waals surface area contributed by atoms with Gasteiger partial charge in [0.05, 0.1) is 18.5 Å². The van der Waals surface area contributed by atoms with Crippen molar-refractivity contribution in [3.05, 3.63) is 101 Å². The molecule has 0 aliphatic carbocycles. The van der Waals surface area contributed by atoms with Crippen molar-refractivity contribution in [3.8, 4) is 22.9 Å². The van der Waals surface area contributed by atoms with E-state index in [1.54, 1.807) is 61.7 Å². The van der Waals surface area contributed by atoms with E-state index in [4.69, 9.17) is 14.3 Å². The third-order valence-electron chi connectivity index (χ3n) is 7.47. The van der Waals surface area contributed by atoms with Crippen LogP contribution in [0.4, 0.5) is 37.8 Å². The molecule has 0 fully saturated rings.